The monoisotopic (exact) mass is 1810 g/mol. The topological polar surface area (TPSA) is 342 Å². The van der Waals surface area contributed by atoms with Crippen molar-refractivity contribution in [1.82, 2.24) is 39.0 Å². The predicted molar refractivity (Wildman–Crippen MR) is 462 cm³/mol. The minimum atomic E-state index is -4.57. The molecule has 3 fully saturated rings. The summed E-state index contributed by atoms with van der Waals surface area (Å²) in [4.78, 5) is 149. The summed E-state index contributed by atoms with van der Waals surface area (Å²) in [5.41, 5.74) is 3.58. The first-order chi connectivity index (χ1) is 59.3. The van der Waals surface area contributed by atoms with Crippen LogP contribution in [0, 0.1) is 31.3 Å². The summed E-state index contributed by atoms with van der Waals surface area (Å²) in [6, 6.07) is 40.8. The number of para-hydroxylation sites is 2. The van der Waals surface area contributed by atoms with Gasteiger partial charge >= 0.3 is 22.8 Å². The van der Waals surface area contributed by atoms with Gasteiger partial charge in [0.25, 0.3) is 0 Å². The van der Waals surface area contributed by atoms with E-state index in [0.717, 1.165) is 9.80 Å². The van der Waals surface area contributed by atoms with E-state index in [2.05, 4.69) is 10.6 Å². The summed E-state index contributed by atoms with van der Waals surface area (Å²) in [5.74, 6) is -5.12. The number of carbonyl (C=O) groups excluding carboxylic acids is 9. The lowest BCUT2D eigenvalue weighted by Gasteiger charge is -2.24. The second-order valence-electron chi connectivity index (χ2n) is 30.5. The number of Topliss-reactive ketones (excluding diaryl/α,β-unsaturated/α-hetero) is 4. The summed E-state index contributed by atoms with van der Waals surface area (Å²) < 4.78 is 147. The largest absolute Gasteiger partial charge is 0.462 e. The van der Waals surface area contributed by atoms with Crippen molar-refractivity contribution >= 4 is 136 Å². The minimum absolute atomic E-state index is 0. The second kappa shape index (κ2) is 40.4. The Hall–Kier alpha value is -11.6. The number of hydrogen-bond donors (Lipinski definition) is 5. The number of halogens is 7. The molecule has 5 N–H and O–H groups in total. The van der Waals surface area contributed by atoms with Crippen LogP contribution in [0.2, 0.25) is 5.02 Å². The molecule has 0 radical (unpaired) electrons. The average Bonchev–Trinajstić information content (AvgIpc) is 1.42. The van der Waals surface area contributed by atoms with E-state index in [1.165, 1.54) is 119 Å². The van der Waals surface area contributed by atoms with Gasteiger partial charge in [-0.15, -0.1) is 0 Å². The lowest BCUT2D eigenvalue weighted by Crippen LogP contribution is -2.46. The Morgan fingerprint density at radius 2 is 0.865 bits per heavy atom. The molecule has 11 aromatic rings. The van der Waals surface area contributed by atoms with Gasteiger partial charge in [0.2, 0.25) is 29.5 Å². The molecule has 26 nitrogen and oxygen atoms in total. The third kappa shape index (κ3) is 21.9. The highest BCUT2D eigenvalue weighted by molar-refractivity contribution is 7.63. The van der Waals surface area contributed by atoms with Crippen molar-refractivity contribution in [3.05, 3.63) is 255 Å². The van der Waals surface area contributed by atoms with Crippen molar-refractivity contribution in [2.75, 3.05) is 26.2 Å². The Labute approximate surface area is 726 Å². The van der Waals surface area contributed by atoms with Crippen LogP contribution in [0.4, 0.5) is 26.3 Å². The number of hydrogen-bond acceptors (Lipinski definition) is 15. The van der Waals surface area contributed by atoms with Gasteiger partial charge in [-0.3, -0.25) is 52.3 Å². The zero-order chi connectivity index (χ0) is 90.3. The van der Waals surface area contributed by atoms with Crippen molar-refractivity contribution in [2.45, 2.75) is 150 Å². The fraction of sp³-hybridized carbons (Fsp3) is 0.300. The molecule has 0 aliphatic carbocycles. The van der Waals surface area contributed by atoms with E-state index < -0.39 is 112 Å². The van der Waals surface area contributed by atoms with Crippen molar-refractivity contribution in [3.63, 3.8) is 0 Å². The van der Waals surface area contributed by atoms with Crippen LogP contribution in [-0.2, 0) is 86.1 Å². The maximum absolute atomic E-state index is 14.7. The van der Waals surface area contributed by atoms with E-state index in [1.807, 2.05) is 0 Å². The number of likely N-dealkylation sites (tertiary alicyclic amines) is 3. The molecule has 0 saturated carbocycles. The van der Waals surface area contributed by atoms with Crippen molar-refractivity contribution in [1.29, 1.82) is 0 Å². The molecule has 0 spiro atoms. The first-order valence-corrected chi connectivity index (χ1v) is 44.8. The molecular formula is C90H92ClF6N8O18P3. The molecule has 126 heavy (non-hydrogen) atoms. The first-order valence-electron chi connectivity index (χ1n) is 39.7. The molecule has 8 aromatic carbocycles. The lowest BCUT2D eigenvalue weighted by atomic mass is 10.0. The number of rotatable bonds is 28. The molecule has 3 aliphatic rings. The molecule has 14 rings (SSSR count). The first kappa shape index (κ1) is 95.1. The number of nitrogens with one attached hydrogen (secondary N) is 2. The van der Waals surface area contributed by atoms with Crippen LogP contribution in [0.5, 0.6) is 11.5 Å². The molecule has 6 heterocycles. The highest BCUT2D eigenvalue weighted by Crippen LogP contribution is 2.49. The third-order valence-corrected chi connectivity index (χ3v) is 26.3. The average molecular weight is 1820 g/mol. The number of benzene rings is 8. The molecule has 3 saturated heterocycles. The number of alkyl halides is 3. The van der Waals surface area contributed by atoms with Crippen LogP contribution in [0.1, 0.15) is 120 Å². The van der Waals surface area contributed by atoms with E-state index in [0.29, 0.717) is 55.5 Å². The fourth-order valence-electron chi connectivity index (χ4n) is 15.4. The third-order valence-electron chi connectivity index (χ3n) is 21.7. The summed E-state index contributed by atoms with van der Waals surface area (Å²) in [6.07, 6.45) is -0.515. The minimum Gasteiger partial charge on any atom is -0.413 e. The second-order valence-corrected chi connectivity index (χ2v) is 36.2. The summed E-state index contributed by atoms with van der Waals surface area (Å²) in [7, 11) is -12.8. The Kier molecular flexibility index (Phi) is 30.5. The maximum atomic E-state index is 14.7. The Bertz CT molecular complexity index is 6130. The normalized spacial score (nSPS) is 17.3. The summed E-state index contributed by atoms with van der Waals surface area (Å²) in [6.45, 7) is 6.77. The Balaban J connectivity index is 0.000000185. The molecule has 3 aliphatic heterocycles. The smallest absolute Gasteiger partial charge is 0.413 e. The van der Waals surface area contributed by atoms with E-state index in [4.69, 9.17) is 25.2 Å². The molecule has 3 aromatic heterocycles. The van der Waals surface area contributed by atoms with Gasteiger partial charge in [0.15, 0.2) is 23.1 Å². The number of amides is 5. The maximum Gasteiger partial charge on any atom is 0.462 e. The zero-order valence-corrected chi connectivity index (χ0v) is 71.8. The van der Waals surface area contributed by atoms with Gasteiger partial charge in [-0.1, -0.05) is 110 Å². The van der Waals surface area contributed by atoms with E-state index in [9.17, 15) is 97.9 Å². The van der Waals surface area contributed by atoms with Crippen LogP contribution in [0.3, 0.4) is 0 Å². The molecule has 7 atom stereocenters. The number of ketones is 4. The predicted octanol–water partition coefficient (Wildman–Crippen LogP) is 14.1. The SMILES string of the molecule is C.CC(=O)c1cn(CC(=O)N2C[C@H](F)C[C@H]2C(=O)CCc2cccc(Cl)c2F)c2cc(P(=O)(Oc3ccccc3)Oc3ccccc3)ccc12.CC(=O)c1cn(CC(=O)N2C[C@H](F)C[C@H]2C(=O)NCc2cccc(C)c2F)c2ccc(P(=O)(O)O)cc12.CCOP(=O)(O)c1ccc2c(c1)c(C(C)=O)cn2CC(=O)N1C[C@H](F)C[C@H]1C(=O)NCc1cccc(C)c1F. The Morgan fingerprint density at radius 3 is 1.31 bits per heavy atom. The summed E-state index contributed by atoms with van der Waals surface area (Å²) in [5, 5.41) is 6.15. The molecule has 664 valence electrons. The quantitative estimate of drug-likeness (QED) is 0.0173. The van der Waals surface area contributed by atoms with Crippen molar-refractivity contribution < 1.29 is 111 Å². The standard InChI is InChI=1S/C37H32ClF2N2O6P.C27H30F2N3O6P.C25H26F2N3O6P.CH4/c1-24(43)31-22-41(23-36(45)42-21-26(39)19-34(42)35(44)18-15-25-9-8-14-32(38)37(25)40)33-20-29(16-17-30(31)33)49(46,47-27-10-4-2-5-11-27)48-28-12-6-3-7-13-28;1-4-38-39(36,37)20-8-9-23-21(11-20)22(17(3)33)14-31(23)15-25(34)32-13-19(28)10-24(32)27(35)30-12-18-7-5-6-16(2)26(18)29;1-14-4-3-5-16(24(14)27)10-28-25(33)22-8-17(26)11-30(22)23(32)13-29-12-20(15(2)31)19-9-18(37(34,35)36)6-7-21(19)29;/h2-14,16-17,20,22,26,34H,15,18-19,21,23H2,1H3;5-9,11,14,19,24H,4,10,12-13,15H2,1-3H3,(H,30,35)(H,36,37);3-7,9,12,17,22H,8,10-11,13H2,1-2H3,(H,28,33)(H2,34,35,36);1H4/t26-,34+;19-,24+;17-,22+;/m111./s1. The number of aryl methyl sites for hydroxylation is 3. The Morgan fingerprint density at radius 1 is 0.468 bits per heavy atom. The van der Waals surface area contributed by atoms with Crippen LogP contribution >= 0.6 is 34.4 Å². The van der Waals surface area contributed by atoms with Crippen LogP contribution in [0.15, 0.2) is 188 Å². The van der Waals surface area contributed by atoms with E-state index >= 15 is 0 Å². The van der Waals surface area contributed by atoms with Crippen LogP contribution in [-0.4, -0.2) is 159 Å². The lowest BCUT2D eigenvalue weighted by molar-refractivity contribution is -0.139. The summed E-state index contributed by atoms with van der Waals surface area (Å²) >= 11 is 5.87. The fourth-order valence-corrected chi connectivity index (χ4v) is 18.8. The van der Waals surface area contributed by atoms with Gasteiger partial charge in [0.1, 0.15) is 79.2 Å². The number of nitrogens with zero attached hydrogens (tertiary/aromatic N) is 6. The molecule has 36 heteroatoms. The van der Waals surface area contributed by atoms with Crippen LogP contribution < -0.4 is 35.6 Å². The van der Waals surface area contributed by atoms with Gasteiger partial charge in [-0.25, -0.2) is 30.9 Å². The van der Waals surface area contributed by atoms with Crippen molar-refractivity contribution in [2.24, 2.45) is 0 Å². The van der Waals surface area contributed by atoms with Gasteiger partial charge < -0.3 is 67.3 Å². The molecular weight excluding hydrogens is 1720 g/mol. The molecule has 0 bridgehead atoms. The highest BCUT2D eigenvalue weighted by atomic mass is 35.5. The van der Waals surface area contributed by atoms with Gasteiger partial charge in [-0.2, -0.15) is 0 Å². The number of carbonyl (C=O) groups is 9. The van der Waals surface area contributed by atoms with Gasteiger partial charge in [-0.05, 0) is 144 Å². The zero-order valence-electron chi connectivity index (χ0n) is 68.4. The number of aromatic nitrogens is 3. The van der Waals surface area contributed by atoms with E-state index in [1.54, 1.807) is 130 Å². The van der Waals surface area contributed by atoms with Gasteiger partial charge in [0, 0.05) is 112 Å². The number of fused-ring (bicyclic) bond motifs is 3. The van der Waals surface area contributed by atoms with Crippen molar-refractivity contribution in [3.8, 4) is 11.5 Å². The van der Waals surface area contributed by atoms with Crippen LogP contribution in [0.25, 0.3) is 32.7 Å². The highest BCUT2D eigenvalue weighted by Gasteiger charge is 2.44. The molecule has 5 amide bonds. The molecule has 1 unspecified atom stereocenters. The van der Waals surface area contributed by atoms with Gasteiger partial charge in [0.05, 0.1) is 58.7 Å². The van der Waals surface area contributed by atoms with E-state index in [-0.39, 0.29) is 170 Å².